The van der Waals surface area contributed by atoms with Gasteiger partial charge in [0.2, 0.25) is 0 Å². The lowest BCUT2D eigenvalue weighted by molar-refractivity contribution is 0.0995. The van der Waals surface area contributed by atoms with Gasteiger partial charge in [-0.2, -0.15) is 0 Å². The Labute approximate surface area is 106 Å². The number of aryl methyl sites for hydroxylation is 1. The van der Waals surface area contributed by atoms with Gasteiger partial charge in [0.25, 0.3) is 5.91 Å². The van der Waals surface area contributed by atoms with E-state index >= 15 is 0 Å². The van der Waals surface area contributed by atoms with Crippen molar-refractivity contribution in [2.75, 3.05) is 11.1 Å². The highest BCUT2D eigenvalue weighted by Crippen LogP contribution is 2.21. The average molecular weight is 244 g/mol. The van der Waals surface area contributed by atoms with Crippen molar-refractivity contribution < 1.29 is 9.21 Å². The van der Waals surface area contributed by atoms with Gasteiger partial charge in [-0.3, -0.25) is 4.79 Å². The summed E-state index contributed by atoms with van der Waals surface area (Å²) >= 11 is 0. The van der Waals surface area contributed by atoms with Crippen molar-refractivity contribution in [2.45, 2.75) is 20.3 Å². The summed E-state index contributed by atoms with van der Waals surface area (Å²) < 4.78 is 5.39. The van der Waals surface area contributed by atoms with E-state index in [4.69, 9.17) is 10.2 Å². The highest BCUT2D eigenvalue weighted by molar-refractivity contribution is 6.03. The Kier molecular flexibility index (Phi) is 3.37. The van der Waals surface area contributed by atoms with Crippen LogP contribution in [0.2, 0.25) is 0 Å². The van der Waals surface area contributed by atoms with Crippen LogP contribution in [0.15, 0.2) is 34.7 Å². The van der Waals surface area contributed by atoms with Crippen LogP contribution in [0, 0.1) is 6.92 Å². The Bertz CT molecular complexity index is 573. The van der Waals surface area contributed by atoms with Gasteiger partial charge < -0.3 is 15.5 Å². The highest BCUT2D eigenvalue weighted by atomic mass is 16.3. The first-order chi connectivity index (χ1) is 8.61. The van der Waals surface area contributed by atoms with Gasteiger partial charge in [0.15, 0.2) is 5.76 Å². The third-order valence-electron chi connectivity index (χ3n) is 2.86. The summed E-state index contributed by atoms with van der Waals surface area (Å²) in [4.78, 5) is 12.0. The molecule has 4 nitrogen and oxygen atoms in total. The molecule has 0 saturated carbocycles. The lowest BCUT2D eigenvalue weighted by Crippen LogP contribution is -2.12. The van der Waals surface area contributed by atoms with Crippen LogP contribution in [0.1, 0.15) is 28.8 Å². The lowest BCUT2D eigenvalue weighted by Gasteiger charge is -2.08. The molecule has 94 valence electrons. The fourth-order valence-corrected chi connectivity index (χ4v) is 1.66. The van der Waals surface area contributed by atoms with Gasteiger partial charge in [-0.25, -0.2) is 0 Å². The van der Waals surface area contributed by atoms with Gasteiger partial charge in [0.1, 0.15) is 5.76 Å². The van der Waals surface area contributed by atoms with Crippen LogP contribution in [0.5, 0.6) is 0 Å². The standard InChI is InChI=1S/C14H16N2O2/c1-3-10-7-8-13(18-10)14(17)16-12-6-4-5-11(15)9(12)2/h4-8H,3,15H2,1-2H3,(H,16,17). The molecule has 0 aliphatic carbocycles. The van der Waals surface area contributed by atoms with Crippen LogP contribution in [0.4, 0.5) is 11.4 Å². The number of anilines is 2. The van der Waals surface area contributed by atoms with Crippen molar-refractivity contribution in [1.29, 1.82) is 0 Å². The van der Waals surface area contributed by atoms with Crippen LogP contribution in [-0.2, 0) is 6.42 Å². The summed E-state index contributed by atoms with van der Waals surface area (Å²) in [6, 6.07) is 8.90. The van der Waals surface area contributed by atoms with Crippen LogP contribution < -0.4 is 11.1 Å². The minimum absolute atomic E-state index is 0.261. The number of nitrogen functional groups attached to an aromatic ring is 1. The maximum Gasteiger partial charge on any atom is 0.291 e. The first-order valence-corrected chi connectivity index (χ1v) is 5.87. The molecule has 0 aliphatic heterocycles. The summed E-state index contributed by atoms with van der Waals surface area (Å²) in [6.45, 7) is 3.84. The molecule has 1 heterocycles. The molecule has 1 aromatic heterocycles. The van der Waals surface area contributed by atoms with Gasteiger partial charge in [-0.05, 0) is 36.8 Å². The molecule has 4 heteroatoms. The monoisotopic (exact) mass is 244 g/mol. The van der Waals surface area contributed by atoms with Crippen molar-refractivity contribution in [3.05, 3.63) is 47.4 Å². The lowest BCUT2D eigenvalue weighted by atomic mass is 10.1. The summed E-state index contributed by atoms with van der Waals surface area (Å²) in [5, 5.41) is 2.79. The molecular weight excluding hydrogens is 228 g/mol. The number of hydrogen-bond acceptors (Lipinski definition) is 3. The molecule has 1 aromatic carbocycles. The molecule has 2 aromatic rings. The predicted octanol–water partition coefficient (Wildman–Crippen LogP) is 2.98. The van der Waals surface area contributed by atoms with E-state index in [0.29, 0.717) is 17.1 Å². The van der Waals surface area contributed by atoms with E-state index in [1.54, 1.807) is 24.3 Å². The second kappa shape index (κ2) is 4.96. The number of rotatable bonds is 3. The number of carbonyl (C=O) groups is 1. The van der Waals surface area contributed by atoms with Gasteiger partial charge >= 0.3 is 0 Å². The molecule has 0 atom stereocenters. The van der Waals surface area contributed by atoms with Crippen molar-refractivity contribution in [3.8, 4) is 0 Å². The van der Waals surface area contributed by atoms with Crippen LogP contribution >= 0.6 is 0 Å². The maximum absolute atomic E-state index is 12.0. The van der Waals surface area contributed by atoms with Crippen molar-refractivity contribution in [3.63, 3.8) is 0 Å². The number of nitrogens with one attached hydrogen (secondary N) is 1. The van der Waals surface area contributed by atoms with Gasteiger partial charge in [-0.1, -0.05) is 13.0 Å². The van der Waals surface area contributed by atoms with Gasteiger partial charge in [-0.15, -0.1) is 0 Å². The van der Waals surface area contributed by atoms with Gasteiger partial charge in [0, 0.05) is 17.8 Å². The SMILES string of the molecule is CCc1ccc(C(=O)Nc2cccc(N)c2C)o1. The van der Waals surface area contributed by atoms with Crippen LogP contribution in [0.25, 0.3) is 0 Å². The van der Waals surface area contributed by atoms with E-state index in [1.807, 2.05) is 19.9 Å². The van der Waals surface area contributed by atoms with Gasteiger partial charge in [0.05, 0.1) is 0 Å². The number of hydrogen-bond donors (Lipinski definition) is 2. The van der Waals surface area contributed by atoms with Crippen LogP contribution in [-0.4, -0.2) is 5.91 Å². The molecule has 0 radical (unpaired) electrons. The zero-order valence-corrected chi connectivity index (χ0v) is 10.5. The van der Waals surface area contributed by atoms with Crippen molar-refractivity contribution in [1.82, 2.24) is 0 Å². The first kappa shape index (κ1) is 12.2. The molecule has 0 aliphatic rings. The number of amides is 1. The zero-order chi connectivity index (χ0) is 13.1. The minimum Gasteiger partial charge on any atom is -0.456 e. The van der Waals surface area contributed by atoms with Crippen molar-refractivity contribution >= 4 is 17.3 Å². The summed E-state index contributed by atoms with van der Waals surface area (Å²) in [7, 11) is 0. The largest absolute Gasteiger partial charge is 0.456 e. The van der Waals surface area contributed by atoms with E-state index in [0.717, 1.165) is 17.7 Å². The Hall–Kier alpha value is -2.23. The Morgan fingerprint density at radius 3 is 2.78 bits per heavy atom. The number of carbonyl (C=O) groups excluding carboxylic acids is 1. The molecule has 3 N–H and O–H groups in total. The molecule has 0 spiro atoms. The van der Waals surface area contributed by atoms with E-state index in [9.17, 15) is 4.79 Å². The topological polar surface area (TPSA) is 68.3 Å². The quantitative estimate of drug-likeness (QED) is 0.815. The number of furan rings is 1. The number of nitrogens with two attached hydrogens (primary N) is 1. The fourth-order valence-electron chi connectivity index (χ4n) is 1.66. The van der Waals surface area contributed by atoms with E-state index in [-0.39, 0.29) is 5.91 Å². The molecule has 2 rings (SSSR count). The normalized spacial score (nSPS) is 10.3. The molecule has 18 heavy (non-hydrogen) atoms. The molecule has 0 saturated heterocycles. The Morgan fingerprint density at radius 1 is 1.33 bits per heavy atom. The average Bonchev–Trinajstić information content (AvgIpc) is 2.83. The Morgan fingerprint density at radius 2 is 2.11 bits per heavy atom. The summed E-state index contributed by atoms with van der Waals surface area (Å²) in [5.74, 6) is 0.849. The fraction of sp³-hybridized carbons (Fsp3) is 0.214. The Balaban J connectivity index is 2.18. The predicted molar refractivity (Wildman–Crippen MR) is 71.6 cm³/mol. The van der Waals surface area contributed by atoms with Crippen LogP contribution in [0.3, 0.4) is 0 Å². The van der Waals surface area contributed by atoms with E-state index in [1.165, 1.54) is 0 Å². The number of benzene rings is 1. The third kappa shape index (κ3) is 2.37. The molecule has 1 amide bonds. The first-order valence-electron chi connectivity index (χ1n) is 5.87. The molecule has 0 fully saturated rings. The van der Waals surface area contributed by atoms with Crippen molar-refractivity contribution in [2.24, 2.45) is 0 Å². The molecule has 0 bridgehead atoms. The molecular formula is C14H16N2O2. The van der Waals surface area contributed by atoms with E-state index < -0.39 is 0 Å². The summed E-state index contributed by atoms with van der Waals surface area (Å²) in [5.41, 5.74) is 8.00. The molecule has 0 unspecified atom stereocenters. The summed E-state index contributed by atoms with van der Waals surface area (Å²) in [6.07, 6.45) is 0.768. The second-order valence-corrected chi connectivity index (χ2v) is 4.09. The highest BCUT2D eigenvalue weighted by Gasteiger charge is 2.12. The second-order valence-electron chi connectivity index (χ2n) is 4.09. The zero-order valence-electron chi connectivity index (χ0n) is 10.5. The maximum atomic E-state index is 12.0. The van der Waals surface area contributed by atoms with E-state index in [2.05, 4.69) is 5.32 Å². The third-order valence-corrected chi connectivity index (χ3v) is 2.86. The minimum atomic E-state index is -0.261. The smallest absolute Gasteiger partial charge is 0.291 e.